The number of thiophene rings is 1. The van der Waals surface area contributed by atoms with Crippen LogP contribution in [0.1, 0.15) is 10.4 Å². The second-order valence-corrected chi connectivity index (χ2v) is 6.81. The van der Waals surface area contributed by atoms with Gasteiger partial charge in [-0.3, -0.25) is 0 Å². The largest absolute Gasteiger partial charge is 0.320 e. The van der Waals surface area contributed by atoms with Crippen LogP contribution in [0.3, 0.4) is 0 Å². The fraction of sp³-hybridized carbons (Fsp3) is 0.143. The van der Waals surface area contributed by atoms with E-state index in [4.69, 9.17) is 5.73 Å². The number of rotatable bonds is 4. The molecule has 0 aliphatic rings. The molecule has 0 aliphatic heterocycles. The van der Waals surface area contributed by atoms with Gasteiger partial charge < -0.3 is 5.73 Å². The minimum atomic E-state index is -3.67. The van der Waals surface area contributed by atoms with Crippen molar-refractivity contribution in [3.05, 3.63) is 52.0 Å². The Morgan fingerprint density at radius 3 is 2.62 bits per heavy atom. The van der Waals surface area contributed by atoms with Gasteiger partial charge in [-0.25, -0.2) is 17.5 Å². The van der Waals surface area contributed by atoms with E-state index in [-0.39, 0.29) is 18.0 Å². The van der Waals surface area contributed by atoms with Crippen molar-refractivity contribution in [1.29, 1.82) is 0 Å². The highest BCUT2D eigenvalue weighted by Crippen LogP contribution is 2.17. The Morgan fingerprint density at radius 2 is 1.95 bits per heavy atom. The lowest BCUT2D eigenvalue weighted by Crippen LogP contribution is -2.23. The summed E-state index contributed by atoms with van der Waals surface area (Å²) in [4.78, 5) is 0.830. The highest BCUT2D eigenvalue weighted by Gasteiger charge is 2.14. The van der Waals surface area contributed by atoms with Crippen molar-refractivity contribution in [2.45, 2.75) is 11.4 Å². The summed E-state index contributed by atoms with van der Waals surface area (Å²) in [5, 5.41) is 1.84. The molecule has 1 aromatic heterocycles. The Hall–Kier alpha value is -1.72. The fourth-order valence-corrected chi connectivity index (χ4v) is 3.45. The summed E-state index contributed by atoms with van der Waals surface area (Å²) in [6.07, 6.45) is 0. The molecule has 2 rings (SSSR count). The van der Waals surface area contributed by atoms with Gasteiger partial charge in [0.1, 0.15) is 5.82 Å². The van der Waals surface area contributed by atoms with Crippen LogP contribution in [0.2, 0.25) is 0 Å². The zero-order valence-corrected chi connectivity index (χ0v) is 12.6. The first-order valence-electron chi connectivity index (χ1n) is 6.03. The second-order valence-electron chi connectivity index (χ2n) is 4.04. The Bertz CT molecular complexity index is 771. The second kappa shape index (κ2) is 6.83. The molecule has 0 aliphatic carbocycles. The smallest absolute Gasteiger partial charge is 0.240 e. The van der Waals surface area contributed by atoms with Crippen LogP contribution in [0.5, 0.6) is 0 Å². The van der Waals surface area contributed by atoms with Gasteiger partial charge >= 0.3 is 0 Å². The first-order valence-corrected chi connectivity index (χ1v) is 8.40. The SMILES string of the molecule is NCC#Cc1ccsc1CNS(=O)(=O)c1ccc(F)cc1. The van der Waals surface area contributed by atoms with E-state index in [0.29, 0.717) is 0 Å². The molecule has 0 atom stereocenters. The number of hydrogen-bond acceptors (Lipinski definition) is 4. The monoisotopic (exact) mass is 324 g/mol. The zero-order chi connectivity index (χ0) is 15.3. The van der Waals surface area contributed by atoms with Crippen molar-refractivity contribution < 1.29 is 12.8 Å². The Kier molecular flexibility index (Phi) is 5.09. The average molecular weight is 324 g/mol. The highest BCUT2D eigenvalue weighted by molar-refractivity contribution is 7.89. The molecule has 110 valence electrons. The number of nitrogens with two attached hydrogens (primary N) is 1. The maximum Gasteiger partial charge on any atom is 0.240 e. The zero-order valence-electron chi connectivity index (χ0n) is 11.0. The van der Waals surface area contributed by atoms with Gasteiger partial charge in [-0.1, -0.05) is 11.8 Å². The van der Waals surface area contributed by atoms with Crippen LogP contribution in [0.25, 0.3) is 0 Å². The van der Waals surface area contributed by atoms with Gasteiger partial charge in [-0.15, -0.1) is 11.3 Å². The van der Waals surface area contributed by atoms with E-state index < -0.39 is 15.8 Å². The van der Waals surface area contributed by atoms with Crippen LogP contribution in [0.15, 0.2) is 40.6 Å². The van der Waals surface area contributed by atoms with Gasteiger partial charge in [0.15, 0.2) is 0 Å². The molecule has 0 saturated heterocycles. The summed E-state index contributed by atoms with van der Waals surface area (Å²) >= 11 is 1.41. The molecule has 2 aromatic rings. The number of halogens is 1. The molecule has 0 saturated carbocycles. The Labute approximate surface area is 126 Å². The molecular formula is C14H13FN2O2S2. The van der Waals surface area contributed by atoms with E-state index in [1.54, 1.807) is 0 Å². The molecule has 7 heteroatoms. The van der Waals surface area contributed by atoms with E-state index in [1.807, 2.05) is 11.4 Å². The molecule has 0 amide bonds. The van der Waals surface area contributed by atoms with Gasteiger partial charge in [0, 0.05) is 17.0 Å². The van der Waals surface area contributed by atoms with Crippen molar-refractivity contribution in [1.82, 2.24) is 4.72 Å². The van der Waals surface area contributed by atoms with Crippen LogP contribution >= 0.6 is 11.3 Å². The number of benzene rings is 1. The van der Waals surface area contributed by atoms with E-state index in [9.17, 15) is 12.8 Å². The number of hydrogen-bond donors (Lipinski definition) is 2. The van der Waals surface area contributed by atoms with Crippen molar-refractivity contribution in [3.8, 4) is 11.8 Å². The standard InChI is InChI=1S/C14H13FN2O2S2/c15-12-3-5-13(6-4-12)21(18,19)17-10-14-11(2-1-8-16)7-9-20-14/h3-7,9,17H,8,10,16H2. The molecule has 0 fully saturated rings. The maximum atomic E-state index is 12.8. The first kappa shape index (κ1) is 15.7. The third-order valence-electron chi connectivity index (χ3n) is 2.62. The average Bonchev–Trinajstić information content (AvgIpc) is 2.91. The third kappa shape index (κ3) is 4.12. The molecule has 4 nitrogen and oxygen atoms in total. The lowest BCUT2D eigenvalue weighted by atomic mass is 10.2. The maximum absolute atomic E-state index is 12.8. The van der Waals surface area contributed by atoms with E-state index in [0.717, 1.165) is 22.6 Å². The predicted molar refractivity (Wildman–Crippen MR) is 80.7 cm³/mol. The minimum Gasteiger partial charge on any atom is -0.320 e. The summed E-state index contributed by atoms with van der Waals surface area (Å²) in [5.74, 6) is 5.14. The molecule has 0 bridgehead atoms. The van der Waals surface area contributed by atoms with Crippen molar-refractivity contribution in [2.75, 3.05) is 6.54 Å². The van der Waals surface area contributed by atoms with Crippen LogP contribution in [0, 0.1) is 17.7 Å². The normalized spacial score (nSPS) is 11.0. The molecule has 1 heterocycles. The van der Waals surface area contributed by atoms with E-state index in [1.165, 1.54) is 23.5 Å². The fourth-order valence-electron chi connectivity index (χ4n) is 1.59. The van der Waals surface area contributed by atoms with Gasteiger partial charge in [0.05, 0.1) is 11.4 Å². The Balaban J connectivity index is 2.12. The first-order chi connectivity index (χ1) is 10.0. The summed E-state index contributed by atoms with van der Waals surface area (Å²) in [6, 6.07) is 6.48. The lowest BCUT2D eigenvalue weighted by molar-refractivity contribution is 0.581. The summed E-state index contributed by atoms with van der Waals surface area (Å²) < 4.78 is 39.4. The van der Waals surface area contributed by atoms with Gasteiger partial charge in [0.25, 0.3) is 0 Å². The lowest BCUT2D eigenvalue weighted by Gasteiger charge is -2.06. The molecular weight excluding hydrogens is 311 g/mol. The van der Waals surface area contributed by atoms with Gasteiger partial charge in [-0.2, -0.15) is 0 Å². The predicted octanol–water partition coefficient (Wildman–Crippen LogP) is 1.68. The highest BCUT2D eigenvalue weighted by atomic mass is 32.2. The molecule has 0 spiro atoms. The van der Waals surface area contributed by atoms with Crippen LogP contribution in [0.4, 0.5) is 4.39 Å². The summed E-state index contributed by atoms with van der Waals surface area (Å²) in [6.45, 7) is 0.378. The molecule has 1 aromatic carbocycles. The summed E-state index contributed by atoms with van der Waals surface area (Å²) in [7, 11) is -3.67. The van der Waals surface area contributed by atoms with Crippen LogP contribution in [-0.4, -0.2) is 15.0 Å². The van der Waals surface area contributed by atoms with E-state index >= 15 is 0 Å². The molecule has 0 radical (unpaired) electrons. The minimum absolute atomic E-state index is 0.0232. The number of nitrogens with one attached hydrogen (secondary N) is 1. The molecule has 3 N–H and O–H groups in total. The molecule has 21 heavy (non-hydrogen) atoms. The van der Waals surface area contributed by atoms with E-state index in [2.05, 4.69) is 16.6 Å². The van der Waals surface area contributed by atoms with Crippen molar-refractivity contribution in [2.24, 2.45) is 5.73 Å². The topological polar surface area (TPSA) is 72.2 Å². The number of sulfonamides is 1. The molecule has 0 unspecified atom stereocenters. The third-order valence-corrected chi connectivity index (χ3v) is 4.96. The Morgan fingerprint density at radius 1 is 1.24 bits per heavy atom. The van der Waals surface area contributed by atoms with Crippen molar-refractivity contribution in [3.63, 3.8) is 0 Å². The van der Waals surface area contributed by atoms with Crippen LogP contribution in [-0.2, 0) is 16.6 Å². The quantitative estimate of drug-likeness (QED) is 0.841. The van der Waals surface area contributed by atoms with Gasteiger partial charge in [-0.05, 0) is 35.7 Å². The summed E-state index contributed by atoms with van der Waals surface area (Å²) in [5.41, 5.74) is 6.07. The van der Waals surface area contributed by atoms with Gasteiger partial charge in [0.2, 0.25) is 10.0 Å². The van der Waals surface area contributed by atoms with Crippen LogP contribution < -0.4 is 10.5 Å². The van der Waals surface area contributed by atoms with Crippen molar-refractivity contribution >= 4 is 21.4 Å².